The summed E-state index contributed by atoms with van der Waals surface area (Å²) in [5.74, 6) is -0.461. The van der Waals surface area contributed by atoms with Crippen LogP contribution in [0.25, 0.3) is 11.1 Å². The Kier molecular flexibility index (Phi) is 8.48. The second-order valence-electron chi connectivity index (χ2n) is 8.74. The molecule has 6 nitrogen and oxygen atoms in total. The fraction of sp³-hybridized carbons (Fsp3) is 0.321. The van der Waals surface area contributed by atoms with Gasteiger partial charge in [0, 0.05) is 27.4 Å². The SMILES string of the molecule is CCOC(=O)c1c(-c2ccc(C)cc2)csc1NC(=O)C(CC)Sc1cccc(NC(=O)C2CC2)c1. The molecule has 0 saturated heterocycles. The lowest BCUT2D eigenvalue weighted by Crippen LogP contribution is -2.25. The summed E-state index contributed by atoms with van der Waals surface area (Å²) in [6, 6.07) is 15.5. The first-order valence-corrected chi connectivity index (χ1v) is 13.9. The van der Waals surface area contributed by atoms with E-state index in [0.29, 0.717) is 17.0 Å². The molecule has 0 radical (unpaired) electrons. The van der Waals surface area contributed by atoms with Crippen LogP contribution in [0.1, 0.15) is 49.0 Å². The number of carbonyl (C=O) groups is 3. The minimum atomic E-state index is -0.454. The van der Waals surface area contributed by atoms with Crippen LogP contribution in [0.2, 0.25) is 0 Å². The summed E-state index contributed by atoms with van der Waals surface area (Å²) in [7, 11) is 0. The minimum absolute atomic E-state index is 0.0514. The maximum absolute atomic E-state index is 13.3. The number of ether oxygens (including phenoxy) is 1. The molecule has 1 unspecified atom stereocenters. The quantitative estimate of drug-likeness (QED) is 0.227. The first kappa shape index (κ1) is 26.0. The second-order valence-corrected chi connectivity index (χ2v) is 10.9. The number of aryl methyl sites for hydroxylation is 1. The number of carbonyl (C=O) groups excluding carboxylic acids is 3. The van der Waals surface area contributed by atoms with Gasteiger partial charge in [0.25, 0.3) is 0 Å². The average molecular weight is 523 g/mol. The van der Waals surface area contributed by atoms with E-state index in [9.17, 15) is 14.4 Å². The number of hydrogen-bond donors (Lipinski definition) is 2. The van der Waals surface area contributed by atoms with Gasteiger partial charge < -0.3 is 15.4 Å². The molecule has 2 aromatic carbocycles. The maximum atomic E-state index is 13.3. The van der Waals surface area contributed by atoms with E-state index in [2.05, 4.69) is 10.6 Å². The van der Waals surface area contributed by atoms with Gasteiger partial charge in [-0.2, -0.15) is 0 Å². The highest BCUT2D eigenvalue weighted by Crippen LogP contribution is 2.37. The van der Waals surface area contributed by atoms with Crippen molar-refractivity contribution in [2.45, 2.75) is 50.2 Å². The maximum Gasteiger partial charge on any atom is 0.341 e. The number of amides is 2. The summed E-state index contributed by atoms with van der Waals surface area (Å²) in [6.45, 7) is 5.97. The van der Waals surface area contributed by atoms with Crippen molar-refractivity contribution in [1.82, 2.24) is 0 Å². The molecule has 1 aliphatic carbocycles. The molecule has 1 heterocycles. The molecule has 1 saturated carbocycles. The molecule has 1 aliphatic rings. The molecule has 188 valence electrons. The van der Waals surface area contributed by atoms with Crippen LogP contribution in [0.4, 0.5) is 10.7 Å². The third kappa shape index (κ3) is 6.36. The molecule has 0 aliphatic heterocycles. The van der Waals surface area contributed by atoms with E-state index in [1.807, 2.05) is 67.8 Å². The zero-order valence-electron chi connectivity index (χ0n) is 20.6. The van der Waals surface area contributed by atoms with Gasteiger partial charge in [-0.1, -0.05) is 42.8 Å². The van der Waals surface area contributed by atoms with Gasteiger partial charge in [-0.05, 0) is 56.9 Å². The van der Waals surface area contributed by atoms with Gasteiger partial charge in [-0.25, -0.2) is 4.79 Å². The van der Waals surface area contributed by atoms with Crippen LogP contribution in [-0.4, -0.2) is 29.6 Å². The normalized spacial score (nSPS) is 13.6. The summed E-state index contributed by atoms with van der Waals surface area (Å²) >= 11 is 2.76. The summed E-state index contributed by atoms with van der Waals surface area (Å²) in [5.41, 5.74) is 3.88. The third-order valence-electron chi connectivity index (χ3n) is 5.86. The fourth-order valence-corrected chi connectivity index (χ4v) is 5.69. The summed E-state index contributed by atoms with van der Waals surface area (Å²) in [4.78, 5) is 39.2. The molecule has 2 N–H and O–H groups in total. The number of nitrogens with one attached hydrogen (secondary N) is 2. The van der Waals surface area contributed by atoms with E-state index in [1.165, 1.54) is 23.1 Å². The van der Waals surface area contributed by atoms with Gasteiger partial charge in [0.05, 0.1) is 11.9 Å². The molecule has 1 atom stereocenters. The van der Waals surface area contributed by atoms with Gasteiger partial charge in [0.1, 0.15) is 10.6 Å². The van der Waals surface area contributed by atoms with E-state index in [0.717, 1.165) is 40.1 Å². The van der Waals surface area contributed by atoms with Gasteiger partial charge in [0.15, 0.2) is 0 Å². The van der Waals surface area contributed by atoms with E-state index >= 15 is 0 Å². The Morgan fingerprint density at radius 2 is 1.83 bits per heavy atom. The molecule has 0 spiro atoms. The molecule has 2 amide bonds. The summed E-state index contributed by atoms with van der Waals surface area (Å²) in [6.07, 6.45) is 2.49. The number of anilines is 2. The Morgan fingerprint density at radius 3 is 2.50 bits per heavy atom. The van der Waals surface area contributed by atoms with Crippen molar-refractivity contribution in [3.8, 4) is 11.1 Å². The Hall–Kier alpha value is -3.10. The average Bonchev–Trinajstić information content (AvgIpc) is 3.64. The van der Waals surface area contributed by atoms with Crippen molar-refractivity contribution < 1.29 is 19.1 Å². The van der Waals surface area contributed by atoms with Crippen LogP contribution in [-0.2, 0) is 14.3 Å². The van der Waals surface area contributed by atoms with Crippen LogP contribution in [0.15, 0.2) is 58.8 Å². The fourth-order valence-electron chi connectivity index (χ4n) is 3.72. The topological polar surface area (TPSA) is 84.5 Å². The van der Waals surface area contributed by atoms with Crippen LogP contribution in [0.3, 0.4) is 0 Å². The van der Waals surface area contributed by atoms with Crippen LogP contribution in [0.5, 0.6) is 0 Å². The van der Waals surface area contributed by atoms with Crippen molar-refractivity contribution >= 4 is 51.6 Å². The molecule has 8 heteroatoms. The monoisotopic (exact) mass is 522 g/mol. The Labute approximate surface area is 219 Å². The van der Waals surface area contributed by atoms with Crippen LogP contribution >= 0.6 is 23.1 Å². The van der Waals surface area contributed by atoms with Crippen molar-refractivity contribution in [3.05, 3.63) is 65.0 Å². The van der Waals surface area contributed by atoms with Gasteiger partial charge in [0.2, 0.25) is 11.8 Å². The largest absolute Gasteiger partial charge is 0.462 e. The molecule has 3 aromatic rings. The van der Waals surface area contributed by atoms with Crippen molar-refractivity contribution in [1.29, 1.82) is 0 Å². The van der Waals surface area contributed by atoms with Crippen molar-refractivity contribution in [2.75, 3.05) is 17.2 Å². The number of rotatable bonds is 10. The Balaban J connectivity index is 1.51. The molecule has 1 aromatic heterocycles. The van der Waals surface area contributed by atoms with Crippen molar-refractivity contribution in [2.24, 2.45) is 5.92 Å². The van der Waals surface area contributed by atoms with Crippen LogP contribution in [0, 0.1) is 12.8 Å². The zero-order valence-corrected chi connectivity index (χ0v) is 22.3. The van der Waals surface area contributed by atoms with Gasteiger partial charge in [-0.3, -0.25) is 9.59 Å². The van der Waals surface area contributed by atoms with E-state index < -0.39 is 5.97 Å². The van der Waals surface area contributed by atoms with Gasteiger partial charge in [-0.15, -0.1) is 23.1 Å². The smallest absolute Gasteiger partial charge is 0.341 e. The first-order chi connectivity index (χ1) is 17.4. The molecule has 1 fully saturated rings. The molecular weight excluding hydrogens is 492 g/mol. The highest BCUT2D eigenvalue weighted by atomic mass is 32.2. The number of thiophene rings is 1. The lowest BCUT2D eigenvalue weighted by Gasteiger charge is -2.16. The van der Waals surface area contributed by atoms with E-state index in [4.69, 9.17) is 4.74 Å². The standard InChI is InChI=1S/C28H30N2O4S2/c1-4-23(36-21-8-6-7-20(15-21)29-25(31)19-13-14-19)26(32)30-27-24(28(33)34-5-2)22(16-35-27)18-11-9-17(3)10-12-18/h6-12,15-16,19,23H,4-5,13-14H2,1-3H3,(H,29,31)(H,30,32). The Morgan fingerprint density at radius 1 is 1.08 bits per heavy atom. The molecule has 4 rings (SSSR count). The predicted molar refractivity (Wildman–Crippen MR) is 147 cm³/mol. The highest BCUT2D eigenvalue weighted by Gasteiger charge is 2.30. The second kappa shape index (κ2) is 11.8. The zero-order chi connectivity index (χ0) is 25.7. The first-order valence-electron chi connectivity index (χ1n) is 12.1. The lowest BCUT2D eigenvalue weighted by atomic mass is 10.0. The molecule has 0 bridgehead atoms. The Bertz CT molecular complexity index is 1250. The minimum Gasteiger partial charge on any atom is -0.462 e. The lowest BCUT2D eigenvalue weighted by molar-refractivity contribution is -0.117. The van der Waals surface area contributed by atoms with Crippen molar-refractivity contribution in [3.63, 3.8) is 0 Å². The third-order valence-corrected chi connectivity index (χ3v) is 8.11. The molecular formula is C28H30N2O4S2. The van der Waals surface area contributed by atoms with E-state index in [1.54, 1.807) is 6.92 Å². The number of esters is 1. The van der Waals surface area contributed by atoms with E-state index in [-0.39, 0.29) is 29.6 Å². The number of thioether (sulfide) groups is 1. The molecule has 36 heavy (non-hydrogen) atoms. The predicted octanol–water partition coefficient (Wildman–Crippen LogP) is 6.76. The number of hydrogen-bond acceptors (Lipinski definition) is 6. The van der Waals surface area contributed by atoms with Crippen LogP contribution < -0.4 is 10.6 Å². The summed E-state index contributed by atoms with van der Waals surface area (Å²) in [5, 5.41) is 7.93. The highest BCUT2D eigenvalue weighted by molar-refractivity contribution is 8.00. The number of benzene rings is 2. The summed E-state index contributed by atoms with van der Waals surface area (Å²) < 4.78 is 5.32. The van der Waals surface area contributed by atoms with Gasteiger partial charge >= 0.3 is 5.97 Å².